The minimum absolute atomic E-state index is 0.141. The predicted octanol–water partition coefficient (Wildman–Crippen LogP) is 11.5. The van der Waals surface area contributed by atoms with Crippen LogP contribution < -0.4 is 10.6 Å². The van der Waals surface area contributed by atoms with Gasteiger partial charge in [0, 0.05) is 17.2 Å². The van der Waals surface area contributed by atoms with Gasteiger partial charge in [-0.2, -0.15) is 0 Å². The molecule has 9 rings (SSSR count). The molecule has 8 aromatic rings. The Morgan fingerprint density at radius 2 is 1.08 bits per heavy atom. The second kappa shape index (κ2) is 13.6. The summed E-state index contributed by atoms with van der Waals surface area (Å²) in [5, 5.41) is 0. The maximum absolute atomic E-state index is 7.32. The Balaban J connectivity index is 1.19. The number of imidazole rings is 1. The number of nitrogens with zero attached hydrogens (tertiary/aromatic N) is 4. The normalized spacial score (nSPS) is 13.2. The molecule has 0 amide bonds. The molecule has 2 N–H and O–H groups in total. The second-order valence-corrected chi connectivity index (χ2v) is 13.3. The minimum Gasteiger partial charge on any atom is -0.385 e. The number of fused-ring (bicyclic) bond motifs is 7. The Morgan fingerprint density at radius 3 is 1.74 bits per heavy atom. The largest absolute Gasteiger partial charge is 0.385 e. The van der Waals surface area contributed by atoms with E-state index in [-0.39, 0.29) is 6.04 Å². The van der Waals surface area contributed by atoms with Crippen molar-refractivity contribution < 1.29 is 0 Å². The maximum atomic E-state index is 7.32. The molecule has 0 saturated heterocycles. The third-order valence-electron chi connectivity index (χ3n) is 9.99. The van der Waals surface area contributed by atoms with Gasteiger partial charge in [-0.1, -0.05) is 158 Å². The van der Waals surface area contributed by atoms with E-state index in [4.69, 9.17) is 15.7 Å². The van der Waals surface area contributed by atoms with E-state index in [0.29, 0.717) is 5.82 Å². The quantitative estimate of drug-likeness (QED) is 0.170. The standard InChI is InChI=1S/C48H37N5/c1-33(34-24-26-37(27-25-34)35-14-4-2-5-15-35)50-43(39-30-28-38(29-31-39)36-16-6-3-7-17-36)32-47(49)53-45-22-12-9-19-41(45)40-18-8-11-21-44(40)52-46-23-13-10-20-42(46)51-48(52)53/h2-33H,49H2,1H3/b47-32+,50-43?. The predicted molar refractivity (Wildman–Crippen MR) is 220 cm³/mol. The first-order valence-electron chi connectivity index (χ1n) is 17.9. The summed E-state index contributed by atoms with van der Waals surface area (Å²) in [5.41, 5.74) is 21.0. The van der Waals surface area contributed by atoms with Crippen LogP contribution in [0.1, 0.15) is 24.1 Å². The molecule has 2 heterocycles. The molecule has 1 aliphatic rings. The number of rotatable bonds is 7. The highest BCUT2D eigenvalue weighted by Crippen LogP contribution is 2.45. The Kier molecular flexibility index (Phi) is 8.22. The van der Waals surface area contributed by atoms with Crippen LogP contribution in [0.5, 0.6) is 0 Å². The second-order valence-electron chi connectivity index (χ2n) is 13.3. The van der Waals surface area contributed by atoms with E-state index in [9.17, 15) is 0 Å². The lowest BCUT2D eigenvalue weighted by Crippen LogP contribution is -2.26. The van der Waals surface area contributed by atoms with Crippen molar-refractivity contribution in [2.24, 2.45) is 10.7 Å². The van der Waals surface area contributed by atoms with Crippen LogP contribution in [0.2, 0.25) is 0 Å². The van der Waals surface area contributed by atoms with Crippen molar-refractivity contribution in [3.05, 3.63) is 205 Å². The number of anilines is 2. The van der Waals surface area contributed by atoms with Gasteiger partial charge in [0.2, 0.25) is 5.95 Å². The van der Waals surface area contributed by atoms with E-state index >= 15 is 0 Å². The Labute approximate surface area is 309 Å². The monoisotopic (exact) mass is 683 g/mol. The molecular weight excluding hydrogens is 647 g/mol. The van der Waals surface area contributed by atoms with Gasteiger partial charge in [-0.25, -0.2) is 4.98 Å². The van der Waals surface area contributed by atoms with Crippen LogP contribution in [-0.4, -0.2) is 15.3 Å². The molecule has 0 saturated carbocycles. The average Bonchev–Trinajstić information content (AvgIpc) is 3.55. The van der Waals surface area contributed by atoms with E-state index in [0.717, 1.165) is 61.9 Å². The van der Waals surface area contributed by atoms with Crippen LogP contribution in [0.25, 0.3) is 50.1 Å². The zero-order chi connectivity index (χ0) is 35.7. The van der Waals surface area contributed by atoms with Gasteiger partial charge in [0.15, 0.2) is 0 Å². The van der Waals surface area contributed by atoms with Crippen LogP contribution in [-0.2, 0) is 0 Å². The fraction of sp³-hybridized carbons (Fsp3) is 0.0417. The third kappa shape index (κ3) is 5.98. The highest BCUT2D eigenvalue weighted by molar-refractivity contribution is 6.10. The lowest BCUT2D eigenvalue weighted by molar-refractivity contribution is 0.821. The number of aromatic nitrogens is 2. The molecule has 0 radical (unpaired) electrons. The van der Waals surface area contributed by atoms with Crippen molar-refractivity contribution in [2.45, 2.75) is 13.0 Å². The first-order valence-corrected chi connectivity index (χ1v) is 17.9. The van der Waals surface area contributed by atoms with Crippen LogP contribution in [0.4, 0.5) is 11.6 Å². The summed E-state index contributed by atoms with van der Waals surface area (Å²) in [4.78, 5) is 12.7. The molecule has 53 heavy (non-hydrogen) atoms. The number of nitrogens with two attached hydrogens (primary N) is 1. The van der Waals surface area contributed by atoms with Gasteiger partial charge in [-0.15, -0.1) is 0 Å². The maximum Gasteiger partial charge on any atom is 0.221 e. The lowest BCUT2D eigenvalue weighted by Gasteiger charge is -2.25. The minimum atomic E-state index is -0.141. The molecule has 5 nitrogen and oxygen atoms in total. The van der Waals surface area contributed by atoms with Crippen molar-refractivity contribution in [3.8, 4) is 39.1 Å². The van der Waals surface area contributed by atoms with Crippen molar-refractivity contribution >= 4 is 28.4 Å². The first-order chi connectivity index (χ1) is 26.1. The van der Waals surface area contributed by atoms with Crippen LogP contribution in [0, 0.1) is 0 Å². The molecule has 5 heteroatoms. The fourth-order valence-electron chi connectivity index (χ4n) is 7.29. The Hall–Kier alpha value is -6.98. The zero-order valence-electron chi connectivity index (χ0n) is 29.3. The SMILES string of the molecule is CC(N=C(/C=C(\N)N1c2ccccc2-c2ccccc2-n2c1nc1ccccc12)c1ccc(-c2ccccc2)cc1)c1ccc(-c2ccccc2)cc1. The van der Waals surface area contributed by atoms with E-state index in [1.54, 1.807) is 0 Å². The van der Waals surface area contributed by atoms with Crippen molar-refractivity contribution in [1.82, 2.24) is 9.55 Å². The van der Waals surface area contributed by atoms with Gasteiger partial charge in [0.25, 0.3) is 0 Å². The molecule has 1 aliphatic heterocycles. The van der Waals surface area contributed by atoms with Gasteiger partial charge in [0.1, 0.15) is 5.82 Å². The fourth-order valence-corrected chi connectivity index (χ4v) is 7.29. The van der Waals surface area contributed by atoms with Crippen molar-refractivity contribution in [1.29, 1.82) is 0 Å². The summed E-state index contributed by atoms with van der Waals surface area (Å²) in [6.45, 7) is 2.14. The summed E-state index contributed by atoms with van der Waals surface area (Å²) in [7, 11) is 0. The summed E-state index contributed by atoms with van der Waals surface area (Å²) in [6, 6.07) is 63.1. The molecule has 254 valence electrons. The number of hydrogen-bond donors (Lipinski definition) is 1. The van der Waals surface area contributed by atoms with E-state index in [1.807, 2.05) is 24.3 Å². The van der Waals surface area contributed by atoms with Gasteiger partial charge < -0.3 is 5.73 Å². The summed E-state index contributed by atoms with van der Waals surface area (Å²) < 4.78 is 2.22. The van der Waals surface area contributed by atoms with Crippen LogP contribution >= 0.6 is 0 Å². The van der Waals surface area contributed by atoms with Gasteiger partial charge >= 0.3 is 0 Å². The molecular formula is C48H37N5. The molecule has 1 atom stereocenters. The topological polar surface area (TPSA) is 59.4 Å². The number of benzene rings is 7. The lowest BCUT2D eigenvalue weighted by atomic mass is 10.00. The molecule has 0 spiro atoms. The van der Waals surface area contributed by atoms with E-state index in [1.165, 1.54) is 16.7 Å². The van der Waals surface area contributed by atoms with Crippen LogP contribution in [0.3, 0.4) is 0 Å². The molecule has 0 bridgehead atoms. The summed E-state index contributed by atoms with van der Waals surface area (Å²) in [5.74, 6) is 1.24. The van der Waals surface area contributed by atoms with Crippen LogP contribution in [0.15, 0.2) is 199 Å². The van der Waals surface area contributed by atoms with Gasteiger partial charge in [-0.3, -0.25) is 14.5 Å². The number of aliphatic imine (C=N–C) groups is 1. The third-order valence-corrected chi connectivity index (χ3v) is 9.99. The molecule has 0 fully saturated rings. The number of allylic oxidation sites excluding steroid dienone is 1. The van der Waals surface area contributed by atoms with Crippen molar-refractivity contribution in [3.63, 3.8) is 0 Å². The highest BCUT2D eigenvalue weighted by atomic mass is 15.4. The smallest absolute Gasteiger partial charge is 0.221 e. The van der Waals surface area contributed by atoms with Gasteiger partial charge in [0.05, 0.1) is 34.2 Å². The molecule has 0 aliphatic carbocycles. The average molecular weight is 684 g/mol. The van der Waals surface area contributed by atoms with Gasteiger partial charge in [-0.05, 0) is 64.6 Å². The zero-order valence-corrected chi connectivity index (χ0v) is 29.3. The van der Waals surface area contributed by atoms with E-state index < -0.39 is 0 Å². The highest BCUT2D eigenvalue weighted by Gasteiger charge is 2.29. The van der Waals surface area contributed by atoms with Crippen molar-refractivity contribution in [2.75, 3.05) is 4.90 Å². The molecule has 7 aromatic carbocycles. The van der Waals surface area contributed by atoms with E-state index in [2.05, 4.69) is 180 Å². The first kappa shape index (κ1) is 32.0. The molecule has 1 unspecified atom stereocenters. The number of para-hydroxylation sites is 4. The molecule has 1 aromatic heterocycles. The number of hydrogen-bond acceptors (Lipinski definition) is 4. The Morgan fingerprint density at radius 1 is 0.566 bits per heavy atom. The summed E-state index contributed by atoms with van der Waals surface area (Å²) in [6.07, 6.45) is 2.00. The Bertz CT molecular complexity index is 2620. The summed E-state index contributed by atoms with van der Waals surface area (Å²) >= 11 is 0.